The molecule has 3 aromatic carbocycles. The summed E-state index contributed by atoms with van der Waals surface area (Å²) in [6.07, 6.45) is -0.573. The maximum atomic E-state index is 14.0. The van der Waals surface area contributed by atoms with E-state index in [1.165, 1.54) is 7.11 Å². The maximum Gasteiger partial charge on any atom is 0.453 e. The predicted octanol–water partition coefficient (Wildman–Crippen LogP) is 4.84. The smallest absolute Gasteiger partial charge is 0.453 e. The van der Waals surface area contributed by atoms with E-state index >= 15 is 0 Å². The Bertz CT molecular complexity index is 952. The average molecular weight is 426 g/mol. The second kappa shape index (κ2) is 9.85. The fourth-order valence-electron chi connectivity index (χ4n) is 2.72. The Hall–Kier alpha value is -3.44. The molecule has 3 aromatic rings. The lowest BCUT2D eigenvalue weighted by Gasteiger charge is -2.28. The second-order valence-corrected chi connectivity index (χ2v) is 8.51. The van der Waals surface area contributed by atoms with Gasteiger partial charge in [0.25, 0.3) is 0 Å². The van der Waals surface area contributed by atoms with E-state index in [0.717, 1.165) is 5.56 Å². The minimum absolute atomic E-state index is 0.173. The van der Waals surface area contributed by atoms with Gasteiger partial charge in [-0.1, -0.05) is 48.5 Å². The van der Waals surface area contributed by atoms with Crippen molar-refractivity contribution in [1.29, 1.82) is 0 Å². The van der Waals surface area contributed by atoms with E-state index in [2.05, 4.69) is 5.32 Å². The molecule has 3 N–H and O–H groups in total. The van der Waals surface area contributed by atoms with E-state index < -0.39 is 19.5 Å². The van der Waals surface area contributed by atoms with Crippen LogP contribution < -0.4 is 20.1 Å². The highest BCUT2D eigenvalue weighted by atomic mass is 31.2. The number of nitrogens with one attached hydrogen (secondary N) is 1. The van der Waals surface area contributed by atoms with Crippen LogP contribution in [0.5, 0.6) is 11.5 Å². The number of rotatable bonds is 8. The van der Waals surface area contributed by atoms with Crippen molar-refractivity contribution in [3.05, 3.63) is 90.5 Å². The summed E-state index contributed by atoms with van der Waals surface area (Å²) in [6.45, 7) is 0. The molecule has 0 aliphatic carbocycles. The van der Waals surface area contributed by atoms with Gasteiger partial charge >= 0.3 is 13.7 Å². The van der Waals surface area contributed by atoms with Crippen molar-refractivity contribution in [3.8, 4) is 11.5 Å². The third-order valence-corrected chi connectivity index (χ3v) is 6.22. The van der Waals surface area contributed by atoms with Crippen LogP contribution in [0.1, 0.15) is 5.56 Å². The summed E-state index contributed by atoms with van der Waals surface area (Å²) >= 11 is 0. The minimum Gasteiger partial charge on any atom is -0.453 e. The number of amides is 1. The molecule has 8 heteroatoms. The van der Waals surface area contributed by atoms with E-state index in [0.29, 0.717) is 17.2 Å². The van der Waals surface area contributed by atoms with Gasteiger partial charge in [0.15, 0.2) is 5.78 Å². The largest absolute Gasteiger partial charge is 0.453 e. The summed E-state index contributed by atoms with van der Waals surface area (Å²) < 4.78 is 30.5. The number of para-hydroxylation sites is 2. The summed E-state index contributed by atoms with van der Waals surface area (Å²) in [5.74, 6) is -0.314. The first-order valence-electron chi connectivity index (χ1n) is 9.26. The molecule has 0 aliphatic rings. The molecule has 0 fully saturated rings. The van der Waals surface area contributed by atoms with Crippen molar-refractivity contribution >= 4 is 19.4 Å². The van der Waals surface area contributed by atoms with Crippen LogP contribution in [0.25, 0.3) is 0 Å². The van der Waals surface area contributed by atoms with Gasteiger partial charge in [0.1, 0.15) is 11.5 Å². The molecule has 0 spiro atoms. The van der Waals surface area contributed by atoms with Gasteiger partial charge in [0.2, 0.25) is 0 Å². The number of carbonyl (C=O) groups excluding carboxylic acids is 1. The molecule has 30 heavy (non-hydrogen) atoms. The lowest BCUT2D eigenvalue weighted by Crippen LogP contribution is -2.38. The molecular weight excluding hydrogens is 403 g/mol. The van der Waals surface area contributed by atoms with E-state index in [1.807, 2.05) is 12.1 Å². The van der Waals surface area contributed by atoms with Gasteiger partial charge in [-0.05, 0) is 42.0 Å². The molecule has 0 bridgehead atoms. The standard InChI is InChI=1S/C22H23N2O5P/c1-27-22(25)24-21(16-17-12-14-18(23)15-13-17)30(26,28-19-8-4-2-5-9-19)29-20-10-6-3-7-11-20/h2-15,21H,16,23H2,1H3,(H,24,25). The minimum atomic E-state index is -3.96. The molecular formula is C22H23N2O5P. The van der Waals surface area contributed by atoms with Crippen LogP contribution in [0.4, 0.5) is 10.5 Å². The number of hydrogen-bond donors (Lipinski definition) is 2. The van der Waals surface area contributed by atoms with Crippen molar-refractivity contribution in [2.45, 2.75) is 12.2 Å². The number of anilines is 1. The number of hydrogen-bond acceptors (Lipinski definition) is 6. The van der Waals surface area contributed by atoms with Gasteiger partial charge in [-0.15, -0.1) is 0 Å². The third kappa shape index (κ3) is 5.78. The van der Waals surface area contributed by atoms with Crippen molar-refractivity contribution in [2.75, 3.05) is 12.8 Å². The SMILES string of the molecule is COC(=O)NC(Cc1ccc(N)cc1)P(=O)(Oc1ccccc1)Oc1ccccc1. The van der Waals surface area contributed by atoms with Gasteiger partial charge in [0, 0.05) is 12.1 Å². The van der Waals surface area contributed by atoms with E-state index in [1.54, 1.807) is 72.8 Å². The fraction of sp³-hybridized carbons (Fsp3) is 0.136. The number of benzene rings is 3. The molecule has 1 amide bonds. The van der Waals surface area contributed by atoms with Crippen LogP contribution in [-0.2, 0) is 15.7 Å². The summed E-state index contributed by atoms with van der Waals surface area (Å²) in [5, 5.41) is 2.61. The Labute approximate surface area is 175 Å². The first kappa shape index (κ1) is 21.3. The number of ether oxygens (including phenoxy) is 1. The van der Waals surface area contributed by atoms with Gasteiger partial charge in [0.05, 0.1) is 7.11 Å². The Morgan fingerprint density at radius 3 is 1.87 bits per heavy atom. The molecule has 0 saturated heterocycles. The van der Waals surface area contributed by atoms with E-state index in [9.17, 15) is 9.36 Å². The Kier molecular flexibility index (Phi) is 6.99. The molecule has 0 aliphatic heterocycles. The lowest BCUT2D eigenvalue weighted by atomic mass is 10.1. The quantitative estimate of drug-likeness (QED) is 0.395. The molecule has 156 valence electrons. The normalized spacial score (nSPS) is 11.9. The number of nitrogen functional groups attached to an aromatic ring is 1. The summed E-state index contributed by atoms with van der Waals surface area (Å²) in [6, 6.07) is 24.3. The molecule has 3 rings (SSSR count). The zero-order chi connectivity index (χ0) is 21.4. The summed E-state index contributed by atoms with van der Waals surface area (Å²) in [4.78, 5) is 12.0. The van der Waals surface area contributed by atoms with Crippen LogP contribution in [0.15, 0.2) is 84.9 Å². The van der Waals surface area contributed by atoms with Gasteiger partial charge < -0.3 is 24.8 Å². The summed E-state index contributed by atoms with van der Waals surface area (Å²) in [5.41, 5.74) is 7.14. The Morgan fingerprint density at radius 1 is 0.900 bits per heavy atom. The first-order chi connectivity index (χ1) is 14.5. The number of methoxy groups -OCH3 is 1. The highest BCUT2D eigenvalue weighted by Crippen LogP contribution is 2.52. The van der Waals surface area contributed by atoms with Crippen LogP contribution in [-0.4, -0.2) is 19.0 Å². The second-order valence-electron chi connectivity index (χ2n) is 6.45. The monoisotopic (exact) mass is 426 g/mol. The number of carbonyl (C=O) groups is 1. The third-order valence-electron chi connectivity index (χ3n) is 4.21. The molecule has 1 unspecified atom stereocenters. The van der Waals surface area contributed by atoms with Crippen molar-refractivity contribution in [2.24, 2.45) is 0 Å². The number of nitrogens with two attached hydrogens (primary N) is 1. The topological polar surface area (TPSA) is 99.9 Å². The van der Waals surface area contributed by atoms with Crippen LogP contribution in [0, 0.1) is 0 Å². The van der Waals surface area contributed by atoms with E-state index in [-0.39, 0.29) is 6.42 Å². The van der Waals surface area contributed by atoms with E-state index in [4.69, 9.17) is 19.5 Å². The molecule has 0 radical (unpaired) electrons. The van der Waals surface area contributed by atoms with Gasteiger partial charge in [-0.3, -0.25) is 0 Å². The van der Waals surface area contributed by atoms with Crippen molar-refractivity contribution < 1.29 is 23.1 Å². The molecule has 0 heterocycles. The molecule has 0 aromatic heterocycles. The fourth-order valence-corrected chi connectivity index (χ4v) is 4.54. The Balaban J connectivity index is 1.98. The first-order valence-corrected chi connectivity index (χ1v) is 10.9. The number of alkyl carbamates (subject to hydrolysis) is 1. The molecule has 1 atom stereocenters. The van der Waals surface area contributed by atoms with Crippen LogP contribution in [0.3, 0.4) is 0 Å². The zero-order valence-corrected chi connectivity index (χ0v) is 17.3. The van der Waals surface area contributed by atoms with Crippen molar-refractivity contribution in [3.63, 3.8) is 0 Å². The maximum absolute atomic E-state index is 14.0. The van der Waals surface area contributed by atoms with Gasteiger partial charge in [-0.2, -0.15) is 0 Å². The highest BCUT2D eigenvalue weighted by Gasteiger charge is 2.41. The lowest BCUT2D eigenvalue weighted by molar-refractivity contribution is 0.168. The average Bonchev–Trinajstić information content (AvgIpc) is 2.76. The molecule has 7 nitrogen and oxygen atoms in total. The van der Waals surface area contributed by atoms with Crippen molar-refractivity contribution in [1.82, 2.24) is 5.32 Å². The summed E-state index contributed by atoms with van der Waals surface area (Å²) in [7, 11) is -2.73. The zero-order valence-electron chi connectivity index (χ0n) is 16.4. The van der Waals surface area contributed by atoms with Gasteiger partial charge in [-0.25, -0.2) is 9.36 Å². The van der Waals surface area contributed by atoms with Crippen LogP contribution in [0.2, 0.25) is 0 Å². The Morgan fingerprint density at radius 2 is 1.40 bits per heavy atom. The predicted molar refractivity (Wildman–Crippen MR) is 116 cm³/mol. The highest BCUT2D eigenvalue weighted by molar-refractivity contribution is 7.55. The molecule has 0 saturated carbocycles. The van der Waals surface area contributed by atoms with Crippen LogP contribution >= 0.6 is 7.60 Å².